The maximum absolute atomic E-state index is 11.0. The average molecular weight is 369 g/mol. The third kappa shape index (κ3) is 3.64. The monoisotopic (exact) mass is 368 g/mol. The Balaban J connectivity index is 1.87. The van der Waals surface area contributed by atoms with Gasteiger partial charge in [0.25, 0.3) is 0 Å². The highest BCUT2D eigenvalue weighted by atomic mass is 32.1. The number of fused-ring (bicyclic) bond motifs is 1. The van der Waals surface area contributed by atoms with Crippen molar-refractivity contribution in [1.82, 2.24) is 0 Å². The Hall–Kier alpha value is -1.87. The first-order chi connectivity index (χ1) is 12.1. The zero-order chi connectivity index (χ0) is 19.1. The predicted octanol–water partition coefficient (Wildman–Crippen LogP) is 6.36. The molecule has 0 bridgehead atoms. The minimum Gasteiger partial charge on any atom is -0.478 e. The van der Waals surface area contributed by atoms with Gasteiger partial charge in [-0.3, -0.25) is 0 Å². The molecule has 1 aromatic carbocycles. The van der Waals surface area contributed by atoms with Crippen LogP contribution in [0.3, 0.4) is 0 Å². The van der Waals surface area contributed by atoms with Gasteiger partial charge >= 0.3 is 5.97 Å². The Kier molecular flexibility index (Phi) is 4.87. The van der Waals surface area contributed by atoms with E-state index in [0.29, 0.717) is 5.56 Å². The number of carboxylic acid groups (broad SMARTS) is 1. The van der Waals surface area contributed by atoms with Gasteiger partial charge in [-0.2, -0.15) is 0 Å². The summed E-state index contributed by atoms with van der Waals surface area (Å²) in [6, 6.07) is 6.54. The van der Waals surface area contributed by atoms with Crippen LogP contribution in [0.15, 0.2) is 29.7 Å². The first kappa shape index (κ1) is 18.9. The summed E-state index contributed by atoms with van der Waals surface area (Å²) in [5.74, 6) is -0.865. The van der Waals surface area contributed by atoms with Crippen LogP contribution in [-0.2, 0) is 17.3 Å². The van der Waals surface area contributed by atoms with Crippen molar-refractivity contribution >= 4 is 23.4 Å². The van der Waals surface area contributed by atoms with Gasteiger partial charge < -0.3 is 5.11 Å². The molecule has 0 saturated heterocycles. The van der Waals surface area contributed by atoms with E-state index in [4.69, 9.17) is 5.11 Å². The van der Waals surface area contributed by atoms with E-state index in [2.05, 4.69) is 52.8 Å². The molecule has 0 radical (unpaired) electrons. The minimum atomic E-state index is -0.865. The fourth-order valence-corrected chi connectivity index (χ4v) is 4.64. The number of rotatable bonds is 4. The van der Waals surface area contributed by atoms with Gasteiger partial charge in [0.15, 0.2) is 0 Å². The molecule has 1 heterocycles. The van der Waals surface area contributed by atoms with Crippen LogP contribution in [0.5, 0.6) is 0 Å². The highest BCUT2D eigenvalue weighted by molar-refractivity contribution is 7.11. The number of carbonyl (C=O) groups is 1. The summed E-state index contributed by atoms with van der Waals surface area (Å²) in [5, 5.41) is 10.7. The van der Waals surface area contributed by atoms with Crippen LogP contribution in [-0.4, -0.2) is 11.1 Å². The maximum atomic E-state index is 11.0. The van der Waals surface area contributed by atoms with Crippen molar-refractivity contribution in [3.05, 3.63) is 62.3 Å². The van der Waals surface area contributed by atoms with Gasteiger partial charge in [-0.25, -0.2) is 4.79 Å². The zero-order valence-corrected chi connectivity index (χ0v) is 17.2. The molecule has 0 amide bonds. The first-order valence-electron chi connectivity index (χ1n) is 9.23. The molecule has 0 aliphatic heterocycles. The standard InChI is InChI=1S/C23H28O2S/c1-15-11-19-20(23(4,5)10-9-22(19,2)3)13-16(15)7-6-8-18-12-17(14-26-18)21(24)25/h6,8,11-14H,7,9-10H2,1-5H3,(H,24,25). The van der Waals surface area contributed by atoms with E-state index in [1.165, 1.54) is 46.4 Å². The zero-order valence-electron chi connectivity index (χ0n) is 16.3. The van der Waals surface area contributed by atoms with E-state index in [0.717, 1.165) is 11.3 Å². The molecule has 1 aliphatic carbocycles. The van der Waals surface area contributed by atoms with Gasteiger partial charge in [0, 0.05) is 10.3 Å². The van der Waals surface area contributed by atoms with Crippen LogP contribution in [0.4, 0.5) is 0 Å². The maximum Gasteiger partial charge on any atom is 0.336 e. The molecule has 0 unspecified atom stereocenters. The summed E-state index contributed by atoms with van der Waals surface area (Å²) in [4.78, 5) is 12.0. The van der Waals surface area contributed by atoms with E-state index in [-0.39, 0.29) is 10.8 Å². The van der Waals surface area contributed by atoms with E-state index in [1.54, 1.807) is 11.4 Å². The number of hydrogen-bond donors (Lipinski definition) is 1. The van der Waals surface area contributed by atoms with Gasteiger partial charge in [-0.05, 0) is 71.4 Å². The van der Waals surface area contributed by atoms with Gasteiger partial charge in [-0.1, -0.05) is 45.9 Å². The van der Waals surface area contributed by atoms with Crippen molar-refractivity contribution in [1.29, 1.82) is 0 Å². The van der Waals surface area contributed by atoms with Gasteiger partial charge in [0.2, 0.25) is 0 Å². The quantitative estimate of drug-likeness (QED) is 0.682. The molecule has 138 valence electrons. The molecule has 1 N–H and O–H groups in total. The van der Waals surface area contributed by atoms with Crippen LogP contribution < -0.4 is 0 Å². The number of allylic oxidation sites excluding steroid dienone is 1. The van der Waals surface area contributed by atoms with E-state index in [9.17, 15) is 4.79 Å². The van der Waals surface area contributed by atoms with E-state index >= 15 is 0 Å². The Morgan fingerprint density at radius 3 is 2.31 bits per heavy atom. The highest BCUT2D eigenvalue weighted by Gasteiger charge is 2.37. The molecule has 0 atom stereocenters. The van der Waals surface area contributed by atoms with Crippen LogP contribution in [0.2, 0.25) is 0 Å². The summed E-state index contributed by atoms with van der Waals surface area (Å²) in [5.41, 5.74) is 6.53. The minimum absolute atomic E-state index is 0.223. The van der Waals surface area contributed by atoms with Crippen molar-refractivity contribution in [3.8, 4) is 0 Å². The van der Waals surface area contributed by atoms with E-state index in [1.807, 2.05) is 6.08 Å². The molecule has 26 heavy (non-hydrogen) atoms. The lowest BCUT2D eigenvalue weighted by atomic mass is 9.62. The Labute approximate surface area is 160 Å². The lowest BCUT2D eigenvalue weighted by Gasteiger charge is -2.42. The number of hydrogen-bond acceptors (Lipinski definition) is 2. The topological polar surface area (TPSA) is 37.3 Å². The summed E-state index contributed by atoms with van der Waals surface area (Å²) in [6.45, 7) is 11.6. The van der Waals surface area contributed by atoms with Crippen LogP contribution in [0.1, 0.15) is 78.0 Å². The number of carboxylic acids is 1. The summed E-state index contributed by atoms with van der Waals surface area (Å²) in [6.07, 6.45) is 7.50. The van der Waals surface area contributed by atoms with Crippen LogP contribution in [0.25, 0.3) is 6.08 Å². The lowest BCUT2D eigenvalue weighted by molar-refractivity contribution is 0.0697. The smallest absolute Gasteiger partial charge is 0.336 e. The summed E-state index contributed by atoms with van der Waals surface area (Å²) < 4.78 is 0. The molecule has 2 nitrogen and oxygen atoms in total. The van der Waals surface area contributed by atoms with Gasteiger partial charge in [-0.15, -0.1) is 11.3 Å². The molecule has 2 aromatic rings. The van der Waals surface area contributed by atoms with Crippen molar-refractivity contribution < 1.29 is 9.90 Å². The summed E-state index contributed by atoms with van der Waals surface area (Å²) >= 11 is 1.47. The van der Waals surface area contributed by atoms with Gasteiger partial charge in [0.05, 0.1) is 5.56 Å². The molecule has 0 fully saturated rings. The summed E-state index contributed by atoms with van der Waals surface area (Å²) in [7, 11) is 0. The van der Waals surface area contributed by atoms with Crippen LogP contribution >= 0.6 is 11.3 Å². The van der Waals surface area contributed by atoms with Crippen molar-refractivity contribution in [2.24, 2.45) is 0 Å². The highest BCUT2D eigenvalue weighted by Crippen LogP contribution is 2.46. The van der Waals surface area contributed by atoms with Crippen molar-refractivity contribution in [3.63, 3.8) is 0 Å². The molecule has 3 heteroatoms. The Bertz CT molecular complexity index is 868. The second kappa shape index (κ2) is 6.70. The third-order valence-corrected chi connectivity index (χ3v) is 6.69. The third-order valence-electron chi connectivity index (χ3n) is 5.80. The predicted molar refractivity (Wildman–Crippen MR) is 110 cm³/mol. The number of aromatic carboxylic acids is 1. The van der Waals surface area contributed by atoms with E-state index < -0.39 is 5.97 Å². The molecule has 0 saturated carbocycles. The number of aryl methyl sites for hydroxylation is 1. The fraction of sp³-hybridized carbons (Fsp3) is 0.435. The Morgan fingerprint density at radius 2 is 1.73 bits per heavy atom. The fourth-order valence-electron chi connectivity index (χ4n) is 3.84. The number of thiophene rings is 1. The van der Waals surface area contributed by atoms with Crippen molar-refractivity contribution in [2.45, 2.75) is 64.7 Å². The van der Waals surface area contributed by atoms with Crippen molar-refractivity contribution in [2.75, 3.05) is 0 Å². The second-order valence-electron chi connectivity index (χ2n) is 8.74. The Morgan fingerprint density at radius 1 is 1.12 bits per heavy atom. The lowest BCUT2D eigenvalue weighted by Crippen LogP contribution is -2.34. The second-order valence-corrected chi connectivity index (χ2v) is 9.68. The molecule has 1 aliphatic rings. The molecule has 1 aromatic heterocycles. The first-order valence-corrected chi connectivity index (χ1v) is 10.1. The SMILES string of the molecule is Cc1cc2c(cc1CC=Cc1cc(C(=O)O)cs1)C(C)(C)CCC2(C)C. The molecular formula is C23H28O2S. The molecule has 0 spiro atoms. The largest absolute Gasteiger partial charge is 0.478 e. The van der Waals surface area contributed by atoms with Crippen LogP contribution in [0, 0.1) is 6.92 Å². The molecule has 3 rings (SSSR count). The normalized spacial score (nSPS) is 18.0. The number of benzene rings is 1. The molecular weight excluding hydrogens is 340 g/mol. The van der Waals surface area contributed by atoms with Gasteiger partial charge in [0.1, 0.15) is 0 Å². The average Bonchev–Trinajstić information content (AvgIpc) is 3.02.